The highest BCUT2D eigenvalue weighted by atomic mass is 16.2. The highest BCUT2D eigenvalue weighted by molar-refractivity contribution is 5.89. The quantitative estimate of drug-likeness (QED) is 0.798. The zero-order valence-electron chi connectivity index (χ0n) is 14.4. The molecule has 1 saturated heterocycles. The fraction of sp³-hybridized carbons (Fsp3) is 0.706. The second-order valence-electron chi connectivity index (χ2n) is 7.27. The van der Waals surface area contributed by atoms with Gasteiger partial charge in [0.25, 0.3) is 0 Å². The number of hydrogen-bond donors (Lipinski definition) is 2. The maximum atomic E-state index is 12.6. The van der Waals surface area contributed by atoms with Crippen molar-refractivity contribution < 1.29 is 9.59 Å². The molecule has 0 bridgehead atoms. The van der Waals surface area contributed by atoms with Gasteiger partial charge in [-0.3, -0.25) is 9.59 Å². The van der Waals surface area contributed by atoms with E-state index in [9.17, 15) is 9.59 Å². The molecular formula is C17H27N5O2. The second-order valence-corrected chi connectivity index (χ2v) is 7.27. The van der Waals surface area contributed by atoms with Crippen LogP contribution in [0.25, 0.3) is 0 Å². The molecule has 0 radical (unpaired) electrons. The van der Waals surface area contributed by atoms with Crippen molar-refractivity contribution in [2.75, 3.05) is 6.54 Å². The van der Waals surface area contributed by atoms with E-state index >= 15 is 0 Å². The molecule has 1 aliphatic carbocycles. The minimum absolute atomic E-state index is 0.205. The number of likely N-dealkylation sites (tertiary alicyclic amines) is 1. The van der Waals surface area contributed by atoms with Crippen LogP contribution in [0.2, 0.25) is 0 Å². The van der Waals surface area contributed by atoms with E-state index in [1.54, 1.807) is 0 Å². The molecular weight excluding hydrogens is 306 g/mol. The summed E-state index contributed by atoms with van der Waals surface area (Å²) >= 11 is 0. The van der Waals surface area contributed by atoms with Crippen LogP contribution in [0, 0.1) is 0 Å². The number of carbonyl (C=O) groups is 2. The molecule has 1 aromatic heterocycles. The molecule has 1 saturated carbocycles. The summed E-state index contributed by atoms with van der Waals surface area (Å²) in [4.78, 5) is 30.3. The third-order valence-corrected chi connectivity index (χ3v) is 4.92. The van der Waals surface area contributed by atoms with Gasteiger partial charge in [-0.2, -0.15) is 0 Å². The number of nitrogens with zero attached hydrogens (tertiary/aromatic N) is 3. The van der Waals surface area contributed by atoms with Crippen LogP contribution < -0.4 is 11.5 Å². The molecule has 132 valence electrons. The van der Waals surface area contributed by atoms with Crippen LogP contribution in [0.15, 0.2) is 6.20 Å². The smallest absolute Gasteiger partial charge is 0.240 e. The van der Waals surface area contributed by atoms with Crippen LogP contribution in [0.4, 0.5) is 0 Å². The lowest BCUT2D eigenvalue weighted by molar-refractivity contribution is -0.138. The van der Waals surface area contributed by atoms with E-state index in [-0.39, 0.29) is 5.91 Å². The molecule has 4 N–H and O–H groups in total. The molecule has 0 unspecified atom stereocenters. The molecule has 2 heterocycles. The lowest BCUT2D eigenvalue weighted by Crippen LogP contribution is -2.50. The number of nitrogens with two attached hydrogens (primary N) is 2. The Balaban J connectivity index is 1.70. The highest BCUT2D eigenvalue weighted by Crippen LogP contribution is 2.40. The van der Waals surface area contributed by atoms with Gasteiger partial charge in [-0.1, -0.05) is 0 Å². The number of amides is 2. The Kier molecular flexibility index (Phi) is 4.62. The zero-order valence-corrected chi connectivity index (χ0v) is 14.4. The average molecular weight is 333 g/mol. The molecule has 2 amide bonds. The molecule has 2 aliphatic rings. The minimum atomic E-state index is -0.687. The van der Waals surface area contributed by atoms with Crippen LogP contribution in [-0.4, -0.2) is 44.9 Å². The molecule has 2 atom stereocenters. The van der Waals surface area contributed by atoms with Crippen LogP contribution >= 0.6 is 0 Å². The Hall–Kier alpha value is -1.89. The first-order chi connectivity index (χ1) is 11.4. The van der Waals surface area contributed by atoms with Gasteiger partial charge in [0.15, 0.2) is 0 Å². The van der Waals surface area contributed by atoms with E-state index in [2.05, 4.69) is 18.4 Å². The molecule has 24 heavy (non-hydrogen) atoms. The zero-order chi connectivity index (χ0) is 17.4. The SMILES string of the molecule is CC(C)n1cc(C[C@H](N)C(=O)N2CCC[C@H]2C(N)=O)nc1C1CC1. The Morgan fingerprint density at radius 3 is 2.62 bits per heavy atom. The lowest BCUT2D eigenvalue weighted by atomic mass is 10.1. The van der Waals surface area contributed by atoms with Gasteiger partial charge in [-0.15, -0.1) is 0 Å². The van der Waals surface area contributed by atoms with Crippen molar-refractivity contribution in [3.63, 3.8) is 0 Å². The van der Waals surface area contributed by atoms with E-state index < -0.39 is 18.0 Å². The van der Waals surface area contributed by atoms with Crippen molar-refractivity contribution >= 4 is 11.8 Å². The van der Waals surface area contributed by atoms with Gasteiger partial charge in [-0.25, -0.2) is 4.98 Å². The summed E-state index contributed by atoms with van der Waals surface area (Å²) in [7, 11) is 0. The Labute approximate surface area is 142 Å². The molecule has 2 fully saturated rings. The molecule has 1 aromatic rings. The van der Waals surface area contributed by atoms with E-state index in [4.69, 9.17) is 16.5 Å². The largest absolute Gasteiger partial charge is 0.368 e. The summed E-state index contributed by atoms with van der Waals surface area (Å²) in [5.41, 5.74) is 12.4. The number of aromatic nitrogens is 2. The predicted octanol–water partition coefficient (Wildman–Crippen LogP) is 0.688. The number of hydrogen-bond acceptors (Lipinski definition) is 4. The van der Waals surface area contributed by atoms with E-state index in [0.717, 1.165) is 17.9 Å². The summed E-state index contributed by atoms with van der Waals surface area (Å²) in [6, 6.07) is -0.863. The molecule has 3 rings (SSSR count). The number of rotatable bonds is 6. The van der Waals surface area contributed by atoms with Crippen molar-refractivity contribution in [3.05, 3.63) is 17.7 Å². The second kappa shape index (κ2) is 6.55. The Morgan fingerprint density at radius 1 is 1.33 bits per heavy atom. The highest BCUT2D eigenvalue weighted by Gasteiger charge is 2.35. The lowest BCUT2D eigenvalue weighted by Gasteiger charge is -2.25. The normalized spacial score (nSPS) is 22.2. The van der Waals surface area contributed by atoms with Crippen molar-refractivity contribution in [2.24, 2.45) is 11.5 Å². The molecule has 7 nitrogen and oxygen atoms in total. The summed E-state index contributed by atoms with van der Waals surface area (Å²) in [5.74, 6) is 0.998. The number of primary amides is 1. The summed E-state index contributed by atoms with van der Waals surface area (Å²) in [5, 5.41) is 0. The van der Waals surface area contributed by atoms with Crippen LogP contribution in [-0.2, 0) is 16.0 Å². The third-order valence-electron chi connectivity index (χ3n) is 4.92. The Bertz CT molecular complexity index is 615. The fourth-order valence-corrected chi connectivity index (χ4v) is 3.47. The van der Waals surface area contributed by atoms with Crippen molar-refractivity contribution in [1.82, 2.24) is 14.5 Å². The van der Waals surface area contributed by atoms with Gasteiger partial charge < -0.3 is 20.9 Å². The molecule has 0 spiro atoms. The van der Waals surface area contributed by atoms with Gasteiger partial charge >= 0.3 is 0 Å². The Morgan fingerprint density at radius 2 is 2.04 bits per heavy atom. The van der Waals surface area contributed by atoms with Gasteiger partial charge in [0.1, 0.15) is 11.9 Å². The van der Waals surface area contributed by atoms with Gasteiger partial charge in [-0.05, 0) is 39.5 Å². The van der Waals surface area contributed by atoms with Crippen LogP contribution in [0.1, 0.15) is 63.0 Å². The van der Waals surface area contributed by atoms with Crippen molar-refractivity contribution in [1.29, 1.82) is 0 Å². The van der Waals surface area contributed by atoms with Gasteiger partial charge in [0, 0.05) is 31.1 Å². The van der Waals surface area contributed by atoms with Crippen LogP contribution in [0.3, 0.4) is 0 Å². The minimum Gasteiger partial charge on any atom is -0.368 e. The molecule has 0 aromatic carbocycles. The third kappa shape index (κ3) is 3.31. The number of carbonyl (C=O) groups excluding carboxylic acids is 2. The summed E-state index contributed by atoms with van der Waals surface area (Å²) in [6.45, 7) is 4.81. The maximum absolute atomic E-state index is 12.6. The monoisotopic (exact) mass is 333 g/mol. The number of imidazole rings is 1. The van der Waals surface area contributed by atoms with E-state index in [1.165, 1.54) is 17.7 Å². The molecule has 7 heteroatoms. The fourth-order valence-electron chi connectivity index (χ4n) is 3.47. The first-order valence-corrected chi connectivity index (χ1v) is 8.81. The van der Waals surface area contributed by atoms with E-state index in [0.29, 0.717) is 31.3 Å². The standard InChI is InChI=1S/C17H27N5O2/c1-10(2)22-9-12(20-16(22)11-5-6-11)8-13(18)17(24)21-7-3-4-14(21)15(19)23/h9-11,13-14H,3-8,18H2,1-2H3,(H2,19,23)/t13-,14-/m0/s1. The summed E-state index contributed by atoms with van der Waals surface area (Å²) in [6.07, 6.45) is 6.19. The topological polar surface area (TPSA) is 107 Å². The average Bonchev–Trinajstić information content (AvgIpc) is 3.09. The van der Waals surface area contributed by atoms with E-state index in [1.807, 2.05) is 6.20 Å². The van der Waals surface area contributed by atoms with Gasteiger partial charge in [0.2, 0.25) is 11.8 Å². The maximum Gasteiger partial charge on any atom is 0.240 e. The van der Waals surface area contributed by atoms with Gasteiger partial charge in [0.05, 0.1) is 11.7 Å². The predicted molar refractivity (Wildman–Crippen MR) is 90.2 cm³/mol. The van der Waals surface area contributed by atoms with Crippen molar-refractivity contribution in [3.8, 4) is 0 Å². The summed E-state index contributed by atoms with van der Waals surface area (Å²) < 4.78 is 2.19. The van der Waals surface area contributed by atoms with Crippen molar-refractivity contribution in [2.45, 2.75) is 70.0 Å². The molecule has 1 aliphatic heterocycles. The first kappa shape index (κ1) is 17.0. The first-order valence-electron chi connectivity index (χ1n) is 8.81. The van der Waals surface area contributed by atoms with Crippen LogP contribution in [0.5, 0.6) is 0 Å².